The van der Waals surface area contributed by atoms with Crippen LogP contribution >= 0.6 is 0 Å². The van der Waals surface area contributed by atoms with E-state index in [1.807, 2.05) is 4.90 Å². The van der Waals surface area contributed by atoms with E-state index in [0.717, 1.165) is 35.9 Å². The van der Waals surface area contributed by atoms with Gasteiger partial charge in [0.2, 0.25) is 0 Å². The molecule has 0 spiro atoms. The largest absolute Gasteiger partial charge is 0.478 e. The van der Waals surface area contributed by atoms with Crippen LogP contribution in [0.3, 0.4) is 0 Å². The normalized spacial score (nSPS) is 13.9. The predicted octanol–water partition coefficient (Wildman–Crippen LogP) is 4.59. The summed E-state index contributed by atoms with van der Waals surface area (Å²) in [6.07, 6.45) is 0.391. The summed E-state index contributed by atoms with van der Waals surface area (Å²) < 4.78 is 70.3. The lowest BCUT2D eigenvalue weighted by atomic mass is 10.1. The van der Waals surface area contributed by atoms with E-state index >= 15 is 0 Å². The first kappa shape index (κ1) is 26.8. The van der Waals surface area contributed by atoms with Gasteiger partial charge in [-0.05, 0) is 37.5 Å². The zero-order valence-electron chi connectivity index (χ0n) is 18.6. The van der Waals surface area contributed by atoms with Gasteiger partial charge in [0, 0.05) is 43.7 Å². The first-order valence-corrected chi connectivity index (χ1v) is 10.7. The fraction of sp³-hybridized carbons (Fsp3) is 0.364. The van der Waals surface area contributed by atoms with Crippen molar-refractivity contribution in [2.24, 2.45) is 0 Å². The highest BCUT2D eigenvalue weighted by atomic mass is 19.4. The van der Waals surface area contributed by atoms with Gasteiger partial charge in [-0.3, -0.25) is 9.20 Å². The minimum atomic E-state index is -4.68. The van der Waals surface area contributed by atoms with Gasteiger partial charge >= 0.3 is 18.8 Å². The van der Waals surface area contributed by atoms with Crippen LogP contribution in [0.25, 0.3) is 5.65 Å². The van der Waals surface area contributed by atoms with Gasteiger partial charge in [-0.15, -0.1) is 0 Å². The third-order valence-corrected chi connectivity index (χ3v) is 5.32. The number of anilines is 2. The average Bonchev–Trinajstić information content (AvgIpc) is 2.82. The summed E-state index contributed by atoms with van der Waals surface area (Å²) in [5.74, 6) is -0.805. The van der Waals surface area contributed by atoms with Crippen molar-refractivity contribution in [3.05, 3.63) is 63.7 Å². The molecular weight excluding hydrogens is 496 g/mol. The van der Waals surface area contributed by atoms with E-state index in [1.165, 1.54) is 24.4 Å². The van der Waals surface area contributed by atoms with Crippen molar-refractivity contribution >= 4 is 23.3 Å². The number of nitrogens with one attached hydrogen (secondary N) is 1. The van der Waals surface area contributed by atoms with Crippen LogP contribution in [0.1, 0.15) is 40.7 Å². The molecule has 1 aliphatic heterocycles. The van der Waals surface area contributed by atoms with E-state index in [9.17, 15) is 41.0 Å². The van der Waals surface area contributed by atoms with Crippen molar-refractivity contribution in [3.8, 4) is 0 Å². The fourth-order valence-corrected chi connectivity index (χ4v) is 3.73. The molecule has 0 unspecified atom stereocenters. The molecule has 0 atom stereocenters. The Balaban J connectivity index is 0.000000840. The minimum Gasteiger partial charge on any atom is -0.478 e. The van der Waals surface area contributed by atoms with Gasteiger partial charge < -0.3 is 15.3 Å². The van der Waals surface area contributed by atoms with Crippen molar-refractivity contribution < 1.29 is 36.2 Å². The molecule has 0 saturated carbocycles. The molecular formula is C22H21F6N5O3. The predicted molar refractivity (Wildman–Crippen MR) is 118 cm³/mol. The van der Waals surface area contributed by atoms with Crippen LogP contribution in [-0.2, 0) is 12.7 Å². The standard InChI is InChI=1S/C21H20F3N5O3.CHF3/c22-21(23,24)14-9-13(11-26-18-15(20(31)32)5-4-6-25-18)19-27-16(10-17(30)29(19)12-14)28-7-2-1-3-8-28;2-1(3)4/h4-6,9-10,12H,1-3,7-8,11H2,(H,25,26)(H,31,32);1H. The van der Waals surface area contributed by atoms with Crippen LogP contribution in [0.15, 0.2) is 41.5 Å². The molecule has 0 amide bonds. The molecule has 1 aliphatic rings. The lowest BCUT2D eigenvalue weighted by molar-refractivity contribution is -0.137. The number of hydrogen-bond donors (Lipinski definition) is 2. The average molecular weight is 517 g/mol. The smallest absolute Gasteiger partial charge is 0.417 e. The maximum absolute atomic E-state index is 13.5. The molecule has 0 bridgehead atoms. The number of fused-ring (bicyclic) bond motifs is 1. The van der Waals surface area contributed by atoms with E-state index < -0.39 is 29.9 Å². The van der Waals surface area contributed by atoms with E-state index in [2.05, 4.69) is 15.3 Å². The highest BCUT2D eigenvalue weighted by molar-refractivity contribution is 5.93. The molecule has 1 saturated heterocycles. The van der Waals surface area contributed by atoms with Gasteiger partial charge in [-0.25, -0.2) is 14.8 Å². The molecule has 0 aliphatic carbocycles. The first-order valence-electron chi connectivity index (χ1n) is 10.7. The Bertz CT molecular complexity index is 1270. The number of hydrogen-bond acceptors (Lipinski definition) is 6. The molecule has 0 radical (unpaired) electrons. The molecule has 3 aromatic heterocycles. The van der Waals surface area contributed by atoms with Gasteiger partial charge in [0.1, 0.15) is 22.8 Å². The Hall–Kier alpha value is -3.84. The highest BCUT2D eigenvalue weighted by Gasteiger charge is 2.32. The summed E-state index contributed by atoms with van der Waals surface area (Å²) in [5.41, 5.74) is -1.57. The number of piperidine rings is 1. The van der Waals surface area contributed by atoms with Crippen molar-refractivity contribution in [2.75, 3.05) is 23.3 Å². The number of alkyl halides is 6. The van der Waals surface area contributed by atoms with Crippen molar-refractivity contribution in [2.45, 2.75) is 38.7 Å². The third-order valence-electron chi connectivity index (χ3n) is 5.32. The van der Waals surface area contributed by atoms with Gasteiger partial charge in [-0.2, -0.15) is 26.3 Å². The van der Waals surface area contributed by atoms with Crippen LogP contribution in [0.2, 0.25) is 0 Å². The Morgan fingerprint density at radius 3 is 2.42 bits per heavy atom. The maximum Gasteiger partial charge on any atom is 0.417 e. The van der Waals surface area contributed by atoms with Gasteiger partial charge in [0.25, 0.3) is 5.56 Å². The summed E-state index contributed by atoms with van der Waals surface area (Å²) in [4.78, 5) is 34.5. The molecule has 0 aromatic carbocycles. The summed E-state index contributed by atoms with van der Waals surface area (Å²) in [6.45, 7) is -2.44. The van der Waals surface area contributed by atoms with Crippen molar-refractivity contribution in [1.82, 2.24) is 14.4 Å². The molecule has 3 aromatic rings. The number of aromatic nitrogens is 3. The number of nitrogens with zero attached hydrogens (tertiary/aromatic N) is 4. The van der Waals surface area contributed by atoms with Gasteiger partial charge in [0.05, 0.1) is 5.56 Å². The second-order valence-electron chi connectivity index (χ2n) is 7.75. The Kier molecular flexibility index (Phi) is 8.37. The molecule has 8 nitrogen and oxygen atoms in total. The topological polar surface area (TPSA) is 99.8 Å². The van der Waals surface area contributed by atoms with E-state index in [0.29, 0.717) is 18.9 Å². The minimum absolute atomic E-state index is 0.00472. The number of carbonyl (C=O) groups is 1. The zero-order valence-corrected chi connectivity index (χ0v) is 18.6. The van der Waals surface area contributed by atoms with Gasteiger partial charge in [0.15, 0.2) is 0 Å². The number of carboxylic acid groups (broad SMARTS) is 1. The number of rotatable bonds is 5. The zero-order chi connectivity index (χ0) is 26.5. The summed E-state index contributed by atoms with van der Waals surface area (Å²) in [5, 5.41) is 12.1. The second kappa shape index (κ2) is 11.3. The molecule has 4 rings (SSSR count). The summed E-state index contributed by atoms with van der Waals surface area (Å²) in [6, 6.07) is 4.94. The first-order chi connectivity index (χ1) is 17.0. The van der Waals surface area contributed by atoms with Crippen LogP contribution in [-0.4, -0.2) is 45.2 Å². The fourth-order valence-electron chi connectivity index (χ4n) is 3.73. The van der Waals surface area contributed by atoms with E-state index in [1.54, 1.807) is 0 Å². The lowest BCUT2D eigenvalue weighted by Crippen LogP contribution is -2.32. The molecule has 2 N–H and O–H groups in total. The van der Waals surface area contributed by atoms with Crippen molar-refractivity contribution in [3.63, 3.8) is 0 Å². The second-order valence-corrected chi connectivity index (χ2v) is 7.75. The molecule has 14 heteroatoms. The van der Waals surface area contributed by atoms with Crippen LogP contribution in [0, 0.1) is 0 Å². The summed E-state index contributed by atoms with van der Waals surface area (Å²) >= 11 is 0. The molecule has 36 heavy (non-hydrogen) atoms. The highest BCUT2D eigenvalue weighted by Crippen LogP contribution is 2.31. The van der Waals surface area contributed by atoms with Crippen molar-refractivity contribution in [1.29, 1.82) is 0 Å². The molecule has 194 valence electrons. The Labute approximate surface area is 200 Å². The van der Waals surface area contributed by atoms with E-state index in [-0.39, 0.29) is 29.1 Å². The van der Waals surface area contributed by atoms with E-state index in [4.69, 9.17) is 0 Å². The molecule has 1 fully saturated rings. The number of pyridine rings is 2. The Morgan fingerprint density at radius 2 is 1.81 bits per heavy atom. The quantitative estimate of drug-likeness (QED) is 0.478. The Morgan fingerprint density at radius 1 is 1.14 bits per heavy atom. The maximum atomic E-state index is 13.5. The number of halogens is 6. The monoisotopic (exact) mass is 517 g/mol. The number of aromatic carboxylic acids is 1. The third kappa shape index (κ3) is 6.64. The van der Waals surface area contributed by atoms with Crippen LogP contribution in [0.5, 0.6) is 0 Å². The lowest BCUT2D eigenvalue weighted by Gasteiger charge is -2.28. The van der Waals surface area contributed by atoms with Crippen LogP contribution < -0.4 is 15.8 Å². The molecule has 4 heterocycles. The number of carboxylic acids is 1. The summed E-state index contributed by atoms with van der Waals surface area (Å²) in [7, 11) is 0. The van der Waals surface area contributed by atoms with Gasteiger partial charge in [-0.1, -0.05) is 0 Å². The SMILES string of the molecule is FC(F)F.O=C(O)c1cccnc1NCc1cc(C(F)(F)F)cn2c(=O)cc(N3CCCCC3)nc12. The van der Waals surface area contributed by atoms with Crippen LogP contribution in [0.4, 0.5) is 38.0 Å².